The third-order valence-electron chi connectivity index (χ3n) is 4.99. The van der Waals surface area contributed by atoms with Crippen molar-refractivity contribution in [3.05, 3.63) is 41.2 Å². The molecule has 0 unspecified atom stereocenters. The Hall–Kier alpha value is -3.03. The second kappa shape index (κ2) is 6.54. The molecular formula is C20H24N4O4. The van der Waals surface area contributed by atoms with E-state index < -0.39 is 0 Å². The van der Waals surface area contributed by atoms with E-state index in [-0.39, 0.29) is 24.0 Å². The first-order chi connectivity index (χ1) is 13.3. The number of carbonyl (C=O) groups is 2. The zero-order chi connectivity index (χ0) is 20.1. The van der Waals surface area contributed by atoms with Crippen molar-refractivity contribution >= 4 is 11.8 Å². The van der Waals surface area contributed by atoms with Gasteiger partial charge in [0, 0.05) is 31.1 Å². The molecule has 0 spiro atoms. The molecule has 148 valence electrons. The summed E-state index contributed by atoms with van der Waals surface area (Å²) in [5.41, 5.74) is 1.61. The van der Waals surface area contributed by atoms with E-state index in [9.17, 15) is 9.59 Å². The van der Waals surface area contributed by atoms with Crippen molar-refractivity contribution in [2.75, 3.05) is 19.9 Å². The summed E-state index contributed by atoms with van der Waals surface area (Å²) in [5.74, 6) is 0.708. The molecule has 8 heteroatoms. The molecule has 0 radical (unpaired) electrons. The average Bonchev–Trinajstić information content (AvgIpc) is 3.38. The van der Waals surface area contributed by atoms with Gasteiger partial charge in [0.25, 0.3) is 11.8 Å². The van der Waals surface area contributed by atoms with Gasteiger partial charge in [-0.1, -0.05) is 20.8 Å². The van der Waals surface area contributed by atoms with Gasteiger partial charge in [0.15, 0.2) is 11.5 Å². The molecule has 0 N–H and O–H groups in total. The summed E-state index contributed by atoms with van der Waals surface area (Å²) in [6.45, 7) is 7.28. The van der Waals surface area contributed by atoms with Crippen molar-refractivity contribution in [2.45, 2.75) is 32.6 Å². The summed E-state index contributed by atoms with van der Waals surface area (Å²) in [5, 5.41) is 7.49. The van der Waals surface area contributed by atoms with E-state index in [0.29, 0.717) is 35.8 Å². The van der Waals surface area contributed by atoms with Crippen LogP contribution in [0.1, 0.15) is 53.7 Å². The molecule has 4 rings (SSSR count). The Bertz CT molecular complexity index is 944. The van der Waals surface area contributed by atoms with Crippen molar-refractivity contribution in [2.24, 2.45) is 7.05 Å². The van der Waals surface area contributed by atoms with E-state index in [1.165, 1.54) is 10.0 Å². The average molecular weight is 384 g/mol. The lowest BCUT2D eigenvalue weighted by Gasteiger charge is -2.27. The summed E-state index contributed by atoms with van der Waals surface area (Å²) in [4.78, 5) is 26.2. The second-order valence-electron chi connectivity index (χ2n) is 8.07. The number of fused-ring (bicyclic) bond motifs is 1. The minimum atomic E-state index is -0.234. The van der Waals surface area contributed by atoms with Crippen LogP contribution in [0.4, 0.5) is 0 Å². The lowest BCUT2D eigenvalue weighted by molar-refractivity contribution is 0.0179. The van der Waals surface area contributed by atoms with E-state index in [0.717, 1.165) is 12.1 Å². The summed E-state index contributed by atoms with van der Waals surface area (Å²) < 4.78 is 12.2. The normalized spacial score (nSPS) is 16.0. The Balaban J connectivity index is 1.59. The highest BCUT2D eigenvalue weighted by molar-refractivity contribution is 5.99. The van der Waals surface area contributed by atoms with Crippen LogP contribution in [0.15, 0.2) is 24.3 Å². The Kier molecular flexibility index (Phi) is 4.28. The topological polar surface area (TPSA) is 76.9 Å². The first kappa shape index (κ1) is 18.3. The number of ether oxygens (including phenoxy) is 2. The number of hydrogen-bond donors (Lipinski definition) is 0. The lowest BCUT2D eigenvalue weighted by Crippen LogP contribution is -2.45. The van der Waals surface area contributed by atoms with Crippen LogP contribution in [0.25, 0.3) is 0 Å². The van der Waals surface area contributed by atoms with Crippen LogP contribution in [0.2, 0.25) is 0 Å². The van der Waals surface area contributed by atoms with Crippen LogP contribution in [0, 0.1) is 0 Å². The van der Waals surface area contributed by atoms with Gasteiger partial charge in [-0.25, -0.2) is 10.0 Å². The van der Waals surface area contributed by atoms with Crippen molar-refractivity contribution in [3.63, 3.8) is 0 Å². The molecule has 2 aliphatic heterocycles. The van der Waals surface area contributed by atoms with Crippen molar-refractivity contribution in [1.82, 2.24) is 19.8 Å². The summed E-state index contributed by atoms with van der Waals surface area (Å²) in [6.07, 6.45) is 0.728. The zero-order valence-corrected chi connectivity index (χ0v) is 16.6. The molecule has 2 aliphatic rings. The maximum Gasteiger partial charge on any atom is 0.290 e. The number of carbonyl (C=O) groups excluding carboxylic acids is 2. The largest absolute Gasteiger partial charge is 0.454 e. The monoisotopic (exact) mass is 384 g/mol. The first-order valence-corrected chi connectivity index (χ1v) is 9.33. The summed E-state index contributed by atoms with van der Waals surface area (Å²) in [6, 6.07) is 6.88. The number of benzene rings is 1. The Labute approximate surface area is 163 Å². The predicted molar refractivity (Wildman–Crippen MR) is 101 cm³/mol. The van der Waals surface area contributed by atoms with Crippen LogP contribution >= 0.6 is 0 Å². The highest BCUT2D eigenvalue weighted by atomic mass is 16.7. The number of nitrogens with zero attached hydrogens (tertiary/aromatic N) is 4. The van der Waals surface area contributed by atoms with E-state index in [1.807, 2.05) is 6.07 Å². The Morgan fingerprint density at radius 2 is 1.68 bits per heavy atom. The van der Waals surface area contributed by atoms with Gasteiger partial charge >= 0.3 is 0 Å². The lowest BCUT2D eigenvalue weighted by atomic mass is 9.92. The number of hydrazine groups is 1. The molecule has 0 saturated carbocycles. The molecule has 0 bridgehead atoms. The van der Waals surface area contributed by atoms with Crippen molar-refractivity contribution in [1.29, 1.82) is 0 Å². The third-order valence-corrected chi connectivity index (χ3v) is 4.99. The van der Waals surface area contributed by atoms with E-state index >= 15 is 0 Å². The fourth-order valence-corrected chi connectivity index (χ4v) is 3.38. The van der Waals surface area contributed by atoms with Gasteiger partial charge in [-0.3, -0.25) is 14.3 Å². The standard InChI is InChI=1S/C20H24N4O4/c1-20(2,3)17-11-14(22(4)21-17)19(26)24-9-5-8-23(24)18(25)13-6-7-15-16(10-13)28-12-27-15/h6-7,10-11H,5,8-9,12H2,1-4H3. The van der Waals surface area contributed by atoms with Crippen LogP contribution in [-0.4, -0.2) is 51.5 Å². The maximum absolute atomic E-state index is 13.2. The fraction of sp³-hybridized carbons (Fsp3) is 0.450. The number of amides is 2. The fourth-order valence-electron chi connectivity index (χ4n) is 3.38. The van der Waals surface area contributed by atoms with Gasteiger partial charge in [0.2, 0.25) is 6.79 Å². The van der Waals surface area contributed by atoms with Gasteiger partial charge in [0.1, 0.15) is 5.69 Å². The van der Waals surface area contributed by atoms with Gasteiger partial charge in [0.05, 0.1) is 5.69 Å². The van der Waals surface area contributed by atoms with Crippen LogP contribution in [0.3, 0.4) is 0 Å². The highest BCUT2D eigenvalue weighted by Crippen LogP contribution is 2.33. The van der Waals surface area contributed by atoms with Gasteiger partial charge in [-0.15, -0.1) is 0 Å². The predicted octanol–water partition coefficient (Wildman–Crippen LogP) is 2.35. The van der Waals surface area contributed by atoms with Crippen molar-refractivity contribution < 1.29 is 19.1 Å². The van der Waals surface area contributed by atoms with Gasteiger partial charge in [-0.2, -0.15) is 5.10 Å². The number of aromatic nitrogens is 2. The Morgan fingerprint density at radius 1 is 1.00 bits per heavy atom. The molecule has 0 atom stereocenters. The molecule has 1 fully saturated rings. The molecule has 28 heavy (non-hydrogen) atoms. The molecule has 2 aromatic rings. The SMILES string of the molecule is Cn1nc(C(C)(C)C)cc1C(=O)N1CCCN1C(=O)c1ccc2c(c1)OCO2. The zero-order valence-electron chi connectivity index (χ0n) is 16.6. The molecular weight excluding hydrogens is 360 g/mol. The van der Waals surface area contributed by atoms with E-state index in [2.05, 4.69) is 25.9 Å². The molecule has 8 nitrogen and oxygen atoms in total. The quantitative estimate of drug-likeness (QED) is 0.794. The highest BCUT2D eigenvalue weighted by Gasteiger charge is 2.34. The van der Waals surface area contributed by atoms with Crippen LogP contribution in [-0.2, 0) is 12.5 Å². The first-order valence-electron chi connectivity index (χ1n) is 9.33. The Morgan fingerprint density at radius 3 is 2.36 bits per heavy atom. The smallest absolute Gasteiger partial charge is 0.290 e. The van der Waals surface area contributed by atoms with Gasteiger partial charge in [-0.05, 0) is 30.7 Å². The summed E-state index contributed by atoms with van der Waals surface area (Å²) in [7, 11) is 1.75. The molecule has 1 saturated heterocycles. The summed E-state index contributed by atoms with van der Waals surface area (Å²) >= 11 is 0. The molecule has 2 amide bonds. The second-order valence-corrected chi connectivity index (χ2v) is 8.07. The molecule has 1 aromatic heterocycles. The molecule has 1 aromatic carbocycles. The number of hydrogen-bond acceptors (Lipinski definition) is 5. The number of rotatable bonds is 2. The minimum Gasteiger partial charge on any atom is -0.454 e. The van der Waals surface area contributed by atoms with Crippen LogP contribution in [0.5, 0.6) is 11.5 Å². The van der Waals surface area contributed by atoms with Crippen molar-refractivity contribution in [3.8, 4) is 11.5 Å². The van der Waals surface area contributed by atoms with E-state index in [4.69, 9.17) is 9.47 Å². The minimum absolute atomic E-state index is 0.151. The van der Waals surface area contributed by atoms with Crippen LogP contribution < -0.4 is 9.47 Å². The number of aryl methyl sites for hydroxylation is 1. The molecule has 3 heterocycles. The third kappa shape index (κ3) is 3.08. The van der Waals surface area contributed by atoms with Gasteiger partial charge < -0.3 is 9.47 Å². The molecule has 0 aliphatic carbocycles. The maximum atomic E-state index is 13.2. The van der Waals surface area contributed by atoms with E-state index in [1.54, 1.807) is 29.9 Å².